The predicted octanol–water partition coefficient (Wildman–Crippen LogP) is 3.37. The van der Waals surface area contributed by atoms with E-state index in [0.717, 1.165) is 49.2 Å². The number of anilines is 3. The second-order valence-electron chi connectivity index (χ2n) is 9.08. The van der Waals surface area contributed by atoms with Crippen molar-refractivity contribution in [3.8, 4) is 0 Å². The third-order valence-corrected chi connectivity index (χ3v) is 5.44. The first-order valence-electron chi connectivity index (χ1n) is 10.4. The van der Waals surface area contributed by atoms with Gasteiger partial charge >= 0.3 is 0 Å². The molecule has 3 heterocycles. The number of aromatic nitrogens is 3. The molecule has 0 radical (unpaired) electrons. The molecule has 1 aliphatic carbocycles. The van der Waals surface area contributed by atoms with Crippen molar-refractivity contribution < 1.29 is 4.79 Å². The lowest BCUT2D eigenvalue weighted by Crippen LogP contribution is -2.47. The van der Waals surface area contributed by atoms with Gasteiger partial charge in [0.15, 0.2) is 0 Å². The first-order chi connectivity index (χ1) is 13.8. The van der Waals surface area contributed by atoms with Crippen LogP contribution in [0.2, 0.25) is 0 Å². The zero-order valence-electron chi connectivity index (χ0n) is 17.8. The molecule has 2 fully saturated rings. The molecule has 29 heavy (non-hydrogen) atoms. The van der Waals surface area contributed by atoms with Crippen LogP contribution in [0, 0.1) is 12.3 Å². The lowest BCUT2D eigenvalue weighted by molar-refractivity contribution is -0.123. The van der Waals surface area contributed by atoms with Crippen LogP contribution in [0.3, 0.4) is 0 Å². The fraction of sp³-hybridized carbons (Fsp3) is 0.545. The van der Waals surface area contributed by atoms with E-state index >= 15 is 0 Å². The van der Waals surface area contributed by atoms with Gasteiger partial charge in [-0.25, -0.2) is 15.0 Å². The Morgan fingerprint density at radius 2 is 1.76 bits per heavy atom. The highest BCUT2D eigenvalue weighted by atomic mass is 16.2. The van der Waals surface area contributed by atoms with E-state index in [1.165, 1.54) is 12.8 Å². The van der Waals surface area contributed by atoms with Crippen LogP contribution in [-0.4, -0.2) is 47.0 Å². The van der Waals surface area contributed by atoms with Crippen LogP contribution in [0.15, 0.2) is 24.4 Å². The Kier molecular flexibility index (Phi) is 5.15. The van der Waals surface area contributed by atoms with Gasteiger partial charge in [-0.2, -0.15) is 0 Å². The molecule has 0 bridgehead atoms. The van der Waals surface area contributed by atoms with Gasteiger partial charge in [0, 0.05) is 49.3 Å². The Hall–Kier alpha value is -2.70. The number of aryl methyl sites for hydroxylation is 1. The van der Waals surface area contributed by atoms with Crippen molar-refractivity contribution in [2.45, 2.75) is 46.5 Å². The highest BCUT2D eigenvalue weighted by Crippen LogP contribution is 2.38. The smallest absolute Gasteiger partial charge is 0.230 e. The van der Waals surface area contributed by atoms with Crippen LogP contribution >= 0.6 is 0 Å². The van der Waals surface area contributed by atoms with E-state index in [9.17, 15) is 4.79 Å². The number of carbonyl (C=O) groups excluding carboxylic acids is 1. The van der Waals surface area contributed by atoms with Crippen LogP contribution in [-0.2, 0) is 4.79 Å². The summed E-state index contributed by atoms with van der Waals surface area (Å²) < 4.78 is 0. The van der Waals surface area contributed by atoms with Crippen molar-refractivity contribution in [2.75, 3.05) is 41.3 Å². The van der Waals surface area contributed by atoms with Gasteiger partial charge < -0.3 is 15.1 Å². The number of carbonyl (C=O) groups is 1. The Morgan fingerprint density at radius 3 is 2.34 bits per heavy atom. The number of nitrogens with one attached hydrogen (secondary N) is 1. The topological polar surface area (TPSA) is 74.2 Å². The molecule has 2 aromatic rings. The monoisotopic (exact) mass is 394 g/mol. The second-order valence-corrected chi connectivity index (χ2v) is 9.08. The summed E-state index contributed by atoms with van der Waals surface area (Å²) in [5.74, 6) is 3.20. The first kappa shape index (κ1) is 19.6. The van der Waals surface area contributed by atoms with Crippen molar-refractivity contribution in [3.63, 3.8) is 0 Å². The third-order valence-electron chi connectivity index (χ3n) is 5.44. The van der Waals surface area contributed by atoms with Crippen LogP contribution in [0.5, 0.6) is 0 Å². The summed E-state index contributed by atoms with van der Waals surface area (Å²) in [6.07, 6.45) is 4.28. The molecule has 154 valence electrons. The van der Waals surface area contributed by atoms with Crippen molar-refractivity contribution in [1.82, 2.24) is 15.0 Å². The van der Waals surface area contributed by atoms with E-state index < -0.39 is 5.41 Å². The number of hydrogen-bond acceptors (Lipinski definition) is 6. The molecule has 1 aliphatic heterocycles. The summed E-state index contributed by atoms with van der Waals surface area (Å²) in [6, 6.07) is 6.00. The van der Waals surface area contributed by atoms with Gasteiger partial charge in [0.1, 0.15) is 17.5 Å². The van der Waals surface area contributed by atoms with E-state index in [2.05, 4.69) is 38.1 Å². The predicted molar refractivity (Wildman–Crippen MR) is 115 cm³/mol. The Balaban J connectivity index is 1.37. The molecule has 4 rings (SSSR count). The van der Waals surface area contributed by atoms with Crippen LogP contribution in [0.1, 0.15) is 51.0 Å². The molecular weight excluding hydrogens is 364 g/mol. The average molecular weight is 395 g/mol. The van der Waals surface area contributed by atoms with Gasteiger partial charge in [0.2, 0.25) is 5.91 Å². The number of pyridine rings is 1. The molecule has 1 saturated heterocycles. The molecule has 7 nitrogen and oxygen atoms in total. The summed E-state index contributed by atoms with van der Waals surface area (Å²) in [5.41, 5.74) is 1.70. The Morgan fingerprint density at radius 1 is 1.07 bits per heavy atom. The number of rotatable bonds is 4. The fourth-order valence-corrected chi connectivity index (χ4v) is 3.41. The first-order valence-corrected chi connectivity index (χ1v) is 10.4. The molecule has 0 atom stereocenters. The molecule has 2 aliphatic rings. The molecule has 1 saturated carbocycles. The normalized spacial score (nSPS) is 17.4. The van der Waals surface area contributed by atoms with Gasteiger partial charge in [0.05, 0.1) is 11.9 Å². The molecule has 1 amide bonds. The zero-order valence-corrected chi connectivity index (χ0v) is 17.8. The molecule has 2 aromatic heterocycles. The van der Waals surface area contributed by atoms with Crippen molar-refractivity contribution in [2.24, 2.45) is 5.41 Å². The summed E-state index contributed by atoms with van der Waals surface area (Å²) >= 11 is 0. The van der Waals surface area contributed by atoms with Crippen LogP contribution in [0.25, 0.3) is 0 Å². The summed E-state index contributed by atoms with van der Waals surface area (Å²) in [7, 11) is 0. The SMILES string of the molecule is Cc1cc(N2CCN(c3ccc(NC(=O)C(C)(C)C)nc3)CC2)nc(C2CC2)n1. The fourth-order valence-electron chi connectivity index (χ4n) is 3.41. The minimum absolute atomic E-state index is 0.0305. The Bertz CT molecular complexity index is 877. The average Bonchev–Trinajstić information content (AvgIpc) is 3.53. The largest absolute Gasteiger partial charge is 0.367 e. The van der Waals surface area contributed by atoms with E-state index in [1.54, 1.807) is 0 Å². The van der Waals surface area contributed by atoms with Gasteiger partial charge in [-0.15, -0.1) is 0 Å². The van der Waals surface area contributed by atoms with Gasteiger partial charge in [-0.3, -0.25) is 4.79 Å². The molecular formula is C22H30N6O. The lowest BCUT2D eigenvalue weighted by atomic mass is 9.96. The number of amides is 1. The summed E-state index contributed by atoms with van der Waals surface area (Å²) in [4.78, 5) is 30.6. The maximum Gasteiger partial charge on any atom is 0.230 e. The highest BCUT2D eigenvalue weighted by molar-refractivity contribution is 5.93. The maximum absolute atomic E-state index is 12.1. The van der Waals surface area contributed by atoms with Crippen LogP contribution in [0.4, 0.5) is 17.3 Å². The Labute approximate surface area is 172 Å². The van der Waals surface area contributed by atoms with Gasteiger partial charge in [0.25, 0.3) is 0 Å². The van der Waals surface area contributed by atoms with E-state index in [1.807, 2.05) is 39.1 Å². The summed E-state index contributed by atoms with van der Waals surface area (Å²) in [5, 5.41) is 2.87. The molecule has 7 heteroatoms. The number of piperazine rings is 1. The third kappa shape index (κ3) is 4.66. The van der Waals surface area contributed by atoms with Gasteiger partial charge in [-0.1, -0.05) is 20.8 Å². The maximum atomic E-state index is 12.1. The quantitative estimate of drug-likeness (QED) is 0.857. The lowest BCUT2D eigenvalue weighted by Gasteiger charge is -2.36. The second kappa shape index (κ2) is 7.61. The van der Waals surface area contributed by atoms with E-state index in [-0.39, 0.29) is 5.91 Å². The zero-order chi connectivity index (χ0) is 20.6. The molecule has 0 aromatic carbocycles. The van der Waals surface area contributed by atoms with Crippen molar-refractivity contribution in [1.29, 1.82) is 0 Å². The minimum Gasteiger partial charge on any atom is -0.367 e. The van der Waals surface area contributed by atoms with E-state index in [4.69, 9.17) is 4.98 Å². The van der Waals surface area contributed by atoms with E-state index in [0.29, 0.717) is 11.7 Å². The highest BCUT2D eigenvalue weighted by Gasteiger charge is 2.28. The number of nitrogens with zero attached hydrogens (tertiary/aromatic N) is 5. The molecule has 1 N–H and O–H groups in total. The standard InChI is InChI=1S/C22H30N6O/c1-15-13-19(26-20(24-15)16-5-6-16)28-11-9-27(10-12-28)17-7-8-18(23-14-17)25-21(29)22(2,3)4/h7-8,13-14,16H,5-6,9-12H2,1-4H3,(H,23,25,29). The van der Waals surface area contributed by atoms with Crippen LogP contribution < -0.4 is 15.1 Å². The van der Waals surface area contributed by atoms with Gasteiger partial charge in [-0.05, 0) is 31.9 Å². The molecule has 0 unspecified atom stereocenters. The molecule has 0 spiro atoms. The van der Waals surface area contributed by atoms with Crippen molar-refractivity contribution >= 4 is 23.2 Å². The summed E-state index contributed by atoms with van der Waals surface area (Å²) in [6.45, 7) is 11.4. The van der Waals surface area contributed by atoms with Crippen molar-refractivity contribution in [3.05, 3.63) is 35.9 Å². The number of hydrogen-bond donors (Lipinski definition) is 1. The minimum atomic E-state index is -0.435.